The predicted molar refractivity (Wildman–Crippen MR) is 45.3 cm³/mol. The summed E-state index contributed by atoms with van der Waals surface area (Å²) in [5, 5.41) is 0. The summed E-state index contributed by atoms with van der Waals surface area (Å²) in [7, 11) is 0. The first-order chi connectivity index (χ1) is 4.89. The average Bonchev–Trinajstić information content (AvgIpc) is 1.87. The molecule has 0 unspecified atom stereocenters. The molecular formula is C9H16O2. The molecule has 0 radical (unpaired) electrons. The number of esters is 1. The molecule has 11 heavy (non-hydrogen) atoms. The molecule has 0 spiro atoms. The minimum absolute atomic E-state index is 0.308. The molecule has 0 aromatic rings. The van der Waals surface area contributed by atoms with Crippen LogP contribution in [0.2, 0.25) is 0 Å². The largest absolute Gasteiger partial charge is 0.456 e. The molecule has 2 nitrogen and oxygen atoms in total. The first-order valence-corrected chi connectivity index (χ1v) is 3.78. The Labute approximate surface area is 68.2 Å². The number of carbonyl (C=O) groups excluding carboxylic acids is 1. The van der Waals surface area contributed by atoms with E-state index in [-0.39, 0.29) is 11.6 Å². The summed E-state index contributed by atoms with van der Waals surface area (Å²) < 4.78 is 5.11. The SMILES string of the molecule is C=C(C)C(=O)OC(C)(C)CC. The fourth-order valence-corrected chi connectivity index (χ4v) is 0.410. The minimum Gasteiger partial charge on any atom is -0.456 e. The van der Waals surface area contributed by atoms with Gasteiger partial charge in [-0.2, -0.15) is 0 Å². The fourth-order valence-electron chi connectivity index (χ4n) is 0.410. The van der Waals surface area contributed by atoms with Crippen molar-refractivity contribution in [2.45, 2.75) is 39.7 Å². The van der Waals surface area contributed by atoms with Crippen LogP contribution in [0.15, 0.2) is 12.2 Å². The van der Waals surface area contributed by atoms with Gasteiger partial charge in [0.1, 0.15) is 5.60 Å². The molecule has 0 aromatic heterocycles. The lowest BCUT2D eigenvalue weighted by Crippen LogP contribution is -2.27. The van der Waals surface area contributed by atoms with Crippen LogP contribution in [0.3, 0.4) is 0 Å². The van der Waals surface area contributed by atoms with Gasteiger partial charge >= 0.3 is 5.97 Å². The van der Waals surface area contributed by atoms with Crippen LogP contribution in [-0.2, 0) is 9.53 Å². The highest BCUT2D eigenvalue weighted by atomic mass is 16.6. The van der Waals surface area contributed by atoms with E-state index in [1.165, 1.54) is 0 Å². The zero-order chi connectivity index (χ0) is 9.07. The Morgan fingerprint density at radius 1 is 1.55 bits per heavy atom. The average molecular weight is 156 g/mol. The summed E-state index contributed by atoms with van der Waals surface area (Å²) in [4.78, 5) is 11.0. The van der Waals surface area contributed by atoms with Crippen LogP contribution in [0.5, 0.6) is 0 Å². The van der Waals surface area contributed by atoms with Crippen molar-refractivity contribution in [1.82, 2.24) is 0 Å². The maximum atomic E-state index is 11.0. The van der Waals surface area contributed by atoms with Gasteiger partial charge in [-0.1, -0.05) is 13.5 Å². The normalized spacial score (nSPS) is 10.9. The summed E-state index contributed by atoms with van der Waals surface area (Å²) in [6.07, 6.45) is 0.812. The molecule has 0 aromatic carbocycles. The predicted octanol–water partition coefficient (Wildman–Crippen LogP) is 2.29. The number of ether oxygens (including phenoxy) is 1. The van der Waals surface area contributed by atoms with Gasteiger partial charge in [-0.15, -0.1) is 0 Å². The first-order valence-electron chi connectivity index (χ1n) is 3.78. The lowest BCUT2D eigenvalue weighted by molar-refractivity contribution is -0.151. The highest BCUT2D eigenvalue weighted by Gasteiger charge is 2.20. The number of hydrogen-bond acceptors (Lipinski definition) is 2. The number of rotatable bonds is 3. The standard InChI is InChI=1S/C9H16O2/c1-6-9(4,5)11-8(10)7(2)3/h2,6H2,1,3-5H3. The van der Waals surface area contributed by atoms with Crippen molar-refractivity contribution in [3.8, 4) is 0 Å². The zero-order valence-corrected chi connectivity index (χ0v) is 7.73. The third-order valence-corrected chi connectivity index (χ3v) is 1.57. The first kappa shape index (κ1) is 10.2. The molecule has 0 N–H and O–H groups in total. The van der Waals surface area contributed by atoms with Crippen molar-refractivity contribution >= 4 is 5.97 Å². The minimum atomic E-state index is -0.365. The smallest absolute Gasteiger partial charge is 0.333 e. The van der Waals surface area contributed by atoms with Crippen molar-refractivity contribution < 1.29 is 9.53 Å². The molecule has 0 amide bonds. The summed E-state index contributed by atoms with van der Waals surface area (Å²) >= 11 is 0. The van der Waals surface area contributed by atoms with Crippen LogP contribution >= 0.6 is 0 Å². The summed E-state index contributed by atoms with van der Waals surface area (Å²) in [6.45, 7) is 10.9. The van der Waals surface area contributed by atoms with Crippen LogP contribution in [0.25, 0.3) is 0 Å². The molecule has 0 saturated heterocycles. The second-order valence-electron chi connectivity index (χ2n) is 3.28. The molecule has 0 aliphatic rings. The van der Waals surface area contributed by atoms with Crippen LogP contribution in [0, 0.1) is 0 Å². The molecule has 0 bridgehead atoms. The summed E-state index contributed by atoms with van der Waals surface area (Å²) in [5.41, 5.74) is 0.0854. The third-order valence-electron chi connectivity index (χ3n) is 1.57. The van der Waals surface area contributed by atoms with Gasteiger partial charge in [-0.05, 0) is 27.2 Å². The van der Waals surface area contributed by atoms with Gasteiger partial charge in [-0.3, -0.25) is 0 Å². The topological polar surface area (TPSA) is 26.3 Å². The molecule has 0 aliphatic carbocycles. The van der Waals surface area contributed by atoms with Crippen LogP contribution < -0.4 is 0 Å². The van der Waals surface area contributed by atoms with Gasteiger partial charge in [0.05, 0.1) is 0 Å². The Kier molecular flexibility index (Phi) is 3.30. The van der Waals surface area contributed by atoms with Gasteiger partial charge in [0.15, 0.2) is 0 Å². The van der Waals surface area contributed by atoms with Gasteiger partial charge in [0.2, 0.25) is 0 Å². The molecular weight excluding hydrogens is 140 g/mol. The number of hydrogen-bond donors (Lipinski definition) is 0. The Bertz CT molecular complexity index is 168. The molecule has 0 rings (SSSR count). The van der Waals surface area contributed by atoms with Gasteiger partial charge in [0.25, 0.3) is 0 Å². The maximum absolute atomic E-state index is 11.0. The molecule has 0 atom stereocenters. The van der Waals surface area contributed by atoms with Crippen molar-refractivity contribution in [1.29, 1.82) is 0 Å². The zero-order valence-electron chi connectivity index (χ0n) is 7.73. The monoisotopic (exact) mass is 156 g/mol. The lowest BCUT2D eigenvalue weighted by Gasteiger charge is -2.23. The second kappa shape index (κ2) is 3.56. The van der Waals surface area contributed by atoms with Crippen LogP contribution in [0.1, 0.15) is 34.1 Å². The van der Waals surface area contributed by atoms with Crippen molar-refractivity contribution in [3.63, 3.8) is 0 Å². The fraction of sp³-hybridized carbons (Fsp3) is 0.667. The molecule has 0 saturated carbocycles. The van der Waals surface area contributed by atoms with Gasteiger partial charge in [0, 0.05) is 5.57 Å². The van der Waals surface area contributed by atoms with E-state index in [0.29, 0.717) is 5.57 Å². The van der Waals surface area contributed by atoms with Crippen LogP contribution in [0.4, 0.5) is 0 Å². The number of carbonyl (C=O) groups is 1. The van der Waals surface area contributed by atoms with Crippen LogP contribution in [-0.4, -0.2) is 11.6 Å². The Balaban J connectivity index is 4.04. The Morgan fingerprint density at radius 2 is 2.00 bits per heavy atom. The van der Waals surface area contributed by atoms with Gasteiger partial charge < -0.3 is 4.74 Å². The van der Waals surface area contributed by atoms with Gasteiger partial charge in [-0.25, -0.2) is 4.79 Å². The van der Waals surface area contributed by atoms with Crippen molar-refractivity contribution in [3.05, 3.63) is 12.2 Å². The van der Waals surface area contributed by atoms with E-state index in [4.69, 9.17) is 4.74 Å². The van der Waals surface area contributed by atoms with E-state index < -0.39 is 0 Å². The lowest BCUT2D eigenvalue weighted by atomic mass is 10.1. The quantitative estimate of drug-likeness (QED) is 0.463. The van der Waals surface area contributed by atoms with E-state index in [0.717, 1.165) is 6.42 Å². The molecule has 64 valence electrons. The van der Waals surface area contributed by atoms with Crippen molar-refractivity contribution in [2.24, 2.45) is 0 Å². The summed E-state index contributed by atoms with van der Waals surface area (Å²) in [5.74, 6) is -0.308. The molecule has 0 aliphatic heterocycles. The van der Waals surface area contributed by atoms with E-state index >= 15 is 0 Å². The Hall–Kier alpha value is -0.790. The highest BCUT2D eigenvalue weighted by molar-refractivity contribution is 5.87. The maximum Gasteiger partial charge on any atom is 0.333 e. The highest BCUT2D eigenvalue weighted by Crippen LogP contribution is 2.14. The van der Waals surface area contributed by atoms with E-state index in [2.05, 4.69) is 6.58 Å². The third kappa shape index (κ3) is 3.81. The molecule has 0 heterocycles. The summed E-state index contributed by atoms with van der Waals surface area (Å²) in [6, 6.07) is 0. The van der Waals surface area contributed by atoms with E-state index in [1.807, 2.05) is 20.8 Å². The van der Waals surface area contributed by atoms with E-state index in [1.54, 1.807) is 6.92 Å². The van der Waals surface area contributed by atoms with E-state index in [9.17, 15) is 4.79 Å². The second-order valence-corrected chi connectivity index (χ2v) is 3.28. The molecule has 2 heteroatoms. The molecule has 0 fully saturated rings. The van der Waals surface area contributed by atoms with Crippen molar-refractivity contribution in [2.75, 3.05) is 0 Å². The Morgan fingerprint density at radius 3 is 2.27 bits per heavy atom.